The monoisotopic (exact) mass is 272 g/mol. The van der Waals surface area contributed by atoms with Crippen LogP contribution in [0.2, 0.25) is 5.02 Å². The highest BCUT2D eigenvalue weighted by Gasteiger charge is 2.19. The molecule has 2 aromatic rings. The summed E-state index contributed by atoms with van der Waals surface area (Å²) < 4.78 is 3.60. The lowest BCUT2D eigenvalue weighted by atomic mass is 10.4. The Bertz CT molecular complexity index is 543. The molecule has 0 fully saturated rings. The Labute approximate surface area is 110 Å². The molecule has 0 unspecified atom stereocenters. The largest absolute Gasteiger partial charge is 0.394 e. The quantitative estimate of drug-likeness (QED) is 0.834. The molecule has 0 radical (unpaired) electrons. The van der Waals surface area contributed by atoms with Gasteiger partial charge in [-0.05, 0) is 20.8 Å². The van der Waals surface area contributed by atoms with Gasteiger partial charge >= 0.3 is 0 Å². The van der Waals surface area contributed by atoms with E-state index in [9.17, 15) is 0 Å². The second-order valence-corrected chi connectivity index (χ2v) is 4.33. The number of hydroxylamine groups is 1. The molecule has 0 saturated heterocycles. The van der Waals surface area contributed by atoms with Gasteiger partial charge in [0.25, 0.3) is 0 Å². The third kappa shape index (κ3) is 1.96. The van der Waals surface area contributed by atoms with E-state index in [0.29, 0.717) is 18.2 Å². The summed E-state index contributed by atoms with van der Waals surface area (Å²) >= 11 is 6.16. The van der Waals surface area contributed by atoms with Crippen molar-refractivity contribution in [3.63, 3.8) is 0 Å². The molecular weight excluding hydrogens is 256 g/mol. The first kappa shape index (κ1) is 13.2. The van der Waals surface area contributed by atoms with Gasteiger partial charge in [-0.15, -0.1) is 0 Å². The van der Waals surface area contributed by atoms with E-state index in [-0.39, 0.29) is 6.61 Å². The molecule has 0 atom stereocenters. The molecule has 0 aliphatic heterocycles. The molecule has 18 heavy (non-hydrogen) atoms. The summed E-state index contributed by atoms with van der Waals surface area (Å²) in [4.78, 5) is 5.53. The average molecular weight is 273 g/mol. The second-order valence-electron chi connectivity index (χ2n) is 3.93. The number of nitrogens with zero attached hydrogens (tertiary/aromatic N) is 4. The summed E-state index contributed by atoms with van der Waals surface area (Å²) in [6.45, 7) is 6.68. The van der Waals surface area contributed by atoms with Crippen molar-refractivity contribution in [3.8, 4) is 0 Å². The first-order chi connectivity index (χ1) is 8.61. The zero-order valence-electron chi connectivity index (χ0n) is 10.7. The summed E-state index contributed by atoms with van der Waals surface area (Å²) in [6.07, 6.45) is 1.60. The van der Waals surface area contributed by atoms with Crippen molar-refractivity contribution < 1.29 is 9.94 Å². The van der Waals surface area contributed by atoms with Gasteiger partial charge in [0, 0.05) is 0 Å². The van der Waals surface area contributed by atoms with E-state index in [1.165, 1.54) is 0 Å². The normalized spacial score (nSPS) is 11.4. The minimum atomic E-state index is -0.00537. The van der Waals surface area contributed by atoms with Crippen LogP contribution in [0.1, 0.15) is 18.3 Å². The summed E-state index contributed by atoms with van der Waals surface area (Å²) in [7, 11) is 0. The number of hydrogen-bond donors (Lipinski definition) is 1. The maximum absolute atomic E-state index is 9.12. The molecule has 100 valence electrons. The Morgan fingerprint density at radius 2 is 2.17 bits per heavy atom. The molecule has 0 aliphatic rings. The van der Waals surface area contributed by atoms with Gasteiger partial charge in [0.1, 0.15) is 5.02 Å². The number of aliphatic hydroxyl groups excluding tert-OH is 1. The molecule has 0 aromatic carbocycles. The van der Waals surface area contributed by atoms with Crippen molar-refractivity contribution in [1.29, 1.82) is 0 Å². The molecule has 2 aromatic heterocycles. The topological polar surface area (TPSA) is 54.9 Å². The standard InChI is InChI=1S/C11H17ClN4O2/c1-4-18-14(5-6-17)16-9(3)8(2)15-11(16)10(12)7-13-15/h7,17H,4-6H2,1-3H3. The van der Waals surface area contributed by atoms with E-state index < -0.39 is 0 Å². The van der Waals surface area contributed by atoms with E-state index in [1.54, 1.807) is 15.9 Å². The summed E-state index contributed by atoms with van der Waals surface area (Å²) in [5.74, 6) is 0. The number of rotatable bonds is 5. The van der Waals surface area contributed by atoms with Gasteiger partial charge in [-0.1, -0.05) is 11.6 Å². The van der Waals surface area contributed by atoms with Crippen LogP contribution < -0.4 is 5.17 Å². The Hall–Kier alpha value is -1.24. The smallest absolute Gasteiger partial charge is 0.175 e. The van der Waals surface area contributed by atoms with Crippen LogP contribution in [0, 0.1) is 13.8 Å². The first-order valence-corrected chi connectivity index (χ1v) is 6.22. The predicted molar refractivity (Wildman–Crippen MR) is 69.5 cm³/mol. The Morgan fingerprint density at radius 1 is 1.44 bits per heavy atom. The van der Waals surface area contributed by atoms with Crippen molar-refractivity contribution in [3.05, 3.63) is 22.6 Å². The van der Waals surface area contributed by atoms with Gasteiger partial charge in [-0.3, -0.25) is 4.84 Å². The average Bonchev–Trinajstić information content (AvgIpc) is 2.82. The molecular formula is C11H17ClN4O2. The third-order valence-electron chi connectivity index (χ3n) is 2.85. The SMILES string of the molecule is CCON(CCO)n1c(C)c(C)n2ncc(Cl)c12. The van der Waals surface area contributed by atoms with Crippen LogP contribution in [0.15, 0.2) is 6.20 Å². The van der Waals surface area contributed by atoms with E-state index in [0.717, 1.165) is 17.0 Å². The van der Waals surface area contributed by atoms with Crippen LogP contribution in [-0.2, 0) is 4.84 Å². The molecule has 0 bridgehead atoms. The van der Waals surface area contributed by atoms with Gasteiger partial charge in [0.2, 0.25) is 0 Å². The molecule has 0 saturated carbocycles. The molecule has 0 amide bonds. The lowest BCUT2D eigenvalue weighted by molar-refractivity contribution is 0.0559. The second kappa shape index (κ2) is 5.17. The third-order valence-corrected chi connectivity index (χ3v) is 3.12. The fraction of sp³-hybridized carbons (Fsp3) is 0.545. The lowest BCUT2D eigenvalue weighted by Crippen LogP contribution is -2.37. The highest BCUT2D eigenvalue weighted by atomic mass is 35.5. The fourth-order valence-corrected chi connectivity index (χ4v) is 2.16. The molecule has 2 rings (SSSR count). The lowest BCUT2D eigenvalue weighted by Gasteiger charge is -2.25. The Kier molecular flexibility index (Phi) is 3.79. The molecule has 2 heterocycles. The van der Waals surface area contributed by atoms with Crippen molar-refractivity contribution in [2.45, 2.75) is 20.8 Å². The summed E-state index contributed by atoms with van der Waals surface area (Å²) in [6, 6.07) is 0. The van der Waals surface area contributed by atoms with Gasteiger partial charge < -0.3 is 5.11 Å². The van der Waals surface area contributed by atoms with Gasteiger partial charge in [-0.25, -0.2) is 9.19 Å². The first-order valence-electron chi connectivity index (χ1n) is 5.84. The summed E-state index contributed by atoms with van der Waals surface area (Å²) in [5, 5.41) is 15.5. The Morgan fingerprint density at radius 3 is 2.78 bits per heavy atom. The van der Waals surface area contributed by atoms with Gasteiger partial charge in [0.05, 0.1) is 37.3 Å². The van der Waals surface area contributed by atoms with Crippen LogP contribution in [0.4, 0.5) is 0 Å². The van der Waals surface area contributed by atoms with Crippen LogP contribution in [0.25, 0.3) is 5.65 Å². The minimum absolute atomic E-state index is 0.00537. The highest BCUT2D eigenvalue weighted by Crippen LogP contribution is 2.23. The van der Waals surface area contributed by atoms with Gasteiger partial charge in [0.15, 0.2) is 5.65 Å². The molecule has 6 nitrogen and oxygen atoms in total. The van der Waals surface area contributed by atoms with E-state index in [2.05, 4.69) is 5.10 Å². The number of aliphatic hydroxyl groups is 1. The van der Waals surface area contributed by atoms with Crippen molar-refractivity contribution in [2.24, 2.45) is 0 Å². The molecule has 0 aliphatic carbocycles. The van der Waals surface area contributed by atoms with Crippen LogP contribution in [0.5, 0.6) is 0 Å². The maximum atomic E-state index is 9.12. The highest BCUT2D eigenvalue weighted by molar-refractivity contribution is 6.33. The number of aryl methyl sites for hydroxylation is 1. The van der Waals surface area contributed by atoms with E-state index in [4.69, 9.17) is 21.5 Å². The predicted octanol–water partition coefficient (Wildman–Crippen LogP) is 1.29. The zero-order chi connectivity index (χ0) is 13.3. The number of fused-ring (bicyclic) bond motifs is 1. The Balaban J connectivity index is 2.59. The zero-order valence-corrected chi connectivity index (χ0v) is 11.5. The van der Waals surface area contributed by atoms with Crippen molar-refractivity contribution in [1.82, 2.24) is 14.3 Å². The number of hydrogen-bond acceptors (Lipinski definition) is 4. The van der Waals surface area contributed by atoms with Gasteiger partial charge in [-0.2, -0.15) is 10.3 Å². The minimum Gasteiger partial charge on any atom is -0.394 e. The van der Waals surface area contributed by atoms with Crippen molar-refractivity contribution in [2.75, 3.05) is 24.9 Å². The van der Waals surface area contributed by atoms with E-state index >= 15 is 0 Å². The summed E-state index contributed by atoms with van der Waals surface area (Å²) in [5.41, 5.74) is 2.70. The number of halogens is 1. The number of aromatic nitrogens is 3. The molecule has 7 heteroatoms. The van der Waals surface area contributed by atoms with Crippen molar-refractivity contribution >= 4 is 17.2 Å². The van der Waals surface area contributed by atoms with E-state index in [1.807, 2.05) is 25.4 Å². The van der Waals surface area contributed by atoms with Crippen LogP contribution in [0.3, 0.4) is 0 Å². The maximum Gasteiger partial charge on any atom is 0.175 e. The molecule has 0 spiro atoms. The van der Waals surface area contributed by atoms with Crippen LogP contribution in [-0.4, -0.2) is 39.2 Å². The molecule has 1 N–H and O–H groups in total. The number of imidazole rings is 1. The fourth-order valence-electron chi connectivity index (χ4n) is 1.95. The van der Waals surface area contributed by atoms with Crippen LogP contribution >= 0.6 is 11.6 Å².